The van der Waals surface area contributed by atoms with Crippen molar-refractivity contribution in [1.82, 2.24) is 9.21 Å². The molecule has 9 nitrogen and oxygen atoms in total. The highest BCUT2D eigenvalue weighted by atomic mass is 32.2. The van der Waals surface area contributed by atoms with Crippen LogP contribution in [-0.2, 0) is 16.6 Å². The van der Waals surface area contributed by atoms with Crippen molar-refractivity contribution >= 4 is 21.4 Å². The third-order valence-electron chi connectivity index (χ3n) is 5.47. The summed E-state index contributed by atoms with van der Waals surface area (Å²) in [6.45, 7) is 4.34. The molecule has 2 saturated heterocycles. The lowest BCUT2D eigenvalue weighted by atomic mass is 10.2. The molecule has 156 valence electrons. The van der Waals surface area contributed by atoms with Gasteiger partial charge >= 0.3 is 0 Å². The minimum atomic E-state index is -3.54. The molecule has 0 atom stereocenters. The first-order valence-corrected chi connectivity index (χ1v) is 11.2. The van der Waals surface area contributed by atoms with Gasteiger partial charge in [-0.05, 0) is 31.0 Å². The van der Waals surface area contributed by atoms with E-state index in [1.807, 2.05) is 4.90 Å². The van der Waals surface area contributed by atoms with Gasteiger partial charge in [0.25, 0.3) is 15.7 Å². The van der Waals surface area contributed by atoms with Gasteiger partial charge in [-0.15, -0.1) is 0 Å². The van der Waals surface area contributed by atoms with Crippen LogP contribution in [0, 0.1) is 10.1 Å². The lowest BCUT2D eigenvalue weighted by Crippen LogP contribution is -2.46. The number of benzene rings is 1. The number of sulfonamides is 1. The quantitative estimate of drug-likeness (QED) is 0.522. The molecule has 0 bridgehead atoms. The highest BCUT2D eigenvalue weighted by Crippen LogP contribution is 2.29. The number of anilines is 1. The first-order valence-electron chi connectivity index (χ1n) is 9.75. The molecular formula is C19H24N4O5S. The molecule has 10 heteroatoms. The Hall–Kier alpha value is -2.43. The molecule has 0 amide bonds. The molecule has 29 heavy (non-hydrogen) atoms. The second kappa shape index (κ2) is 8.13. The fraction of sp³-hybridized carbons (Fsp3) is 0.474. The van der Waals surface area contributed by atoms with Gasteiger partial charge in [-0.3, -0.25) is 15.0 Å². The van der Waals surface area contributed by atoms with Crippen molar-refractivity contribution in [3.8, 4) is 0 Å². The molecule has 0 spiro atoms. The van der Waals surface area contributed by atoms with Gasteiger partial charge in [-0.25, -0.2) is 8.42 Å². The first-order chi connectivity index (χ1) is 13.9. The number of nitro groups is 1. The van der Waals surface area contributed by atoms with E-state index < -0.39 is 10.0 Å². The maximum absolute atomic E-state index is 12.6. The number of piperazine rings is 1. The van der Waals surface area contributed by atoms with E-state index >= 15 is 0 Å². The molecule has 0 unspecified atom stereocenters. The van der Waals surface area contributed by atoms with Crippen molar-refractivity contribution in [3.05, 3.63) is 52.3 Å². The summed E-state index contributed by atoms with van der Waals surface area (Å²) in [6.07, 6.45) is 1.77. The van der Waals surface area contributed by atoms with Crippen LogP contribution in [0.3, 0.4) is 0 Å². The lowest BCUT2D eigenvalue weighted by Gasteiger charge is -2.35. The van der Waals surface area contributed by atoms with Gasteiger partial charge in [0.1, 0.15) is 11.4 Å². The molecule has 0 aliphatic carbocycles. The predicted molar refractivity (Wildman–Crippen MR) is 107 cm³/mol. The Labute approximate surface area is 169 Å². The number of nitrogens with zero attached hydrogens (tertiary/aromatic N) is 4. The van der Waals surface area contributed by atoms with E-state index in [2.05, 4.69) is 4.90 Å². The van der Waals surface area contributed by atoms with Crippen LogP contribution < -0.4 is 4.90 Å². The maximum atomic E-state index is 12.6. The molecule has 4 rings (SSSR count). The Kier molecular flexibility index (Phi) is 5.57. The largest absolute Gasteiger partial charge is 0.447 e. The Morgan fingerprint density at radius 3 is 2.34 bits per heavy atom. The molecule has 2 aromatic rings. The van der Waals surface area contributed by atoms with Crippen molar-refractivity contribution in [2.24, 2.45) is 0 Å². The molecule has 1 aromatic heterocycles. The summed E-state index contributed by atoms with van der Waals surface area (Å²) in [7, 11) is -3.54. The van der Waals surface area contributed by atoms with Crippen LogP contribution in [0.2, 0.25) is 0 Å². The fourth-order valence-electron chi connectivity index (χ4n) is 3.89. The van der Waals surface area contributed by atoms with Crippen molar-refractivity contribution in [3.63, 3.8) is 0 Å². The summed E-state index contributed by atoms with van der Waals surface area (Å²) < 4.78 is 32.3. The number of hydrogen-bond donors (Lipinski definition) is 0. The average Bonchev–Trinajstić information content (AvgIpc) is 3.41. The highest BCUT2D eigenvalue weighted by molar-refractivity contribution is 7.89. The molecule has 0 radical (unpaired) electrons. The van der Waals surface area contributed by atoms with E-state index in [1.165, 1.54) is 16.4 Å². The molecule has 0 N–H and O–H groups in total. The third kappa shape index (κ3) is 4.14. The summed E-state index contributed by atoms with van der Waals surface area (Å²) >= 11 is 0. The van der Waals surface area contributed by atoms with Crippen molar-refractivity contribution in [2.45, 2.75) is 24.5 Å². The monoisotopic (exact) mass is 420 g/mol. The number of hydrogen-bond acceptors (Lipinski definition) is 7. The van der Waals surface area contributed by atoms with Crippen LogP contribution in [-0.4, -0.2) is 61.8 Å². The maximum Gasteiger partial charge on any atom is 0.292 e. The zero-order valence-corrected chi connectivity index (χ0v) is 16.9. The number of rotatable bonds is 6. The molecular weight excluding hydrogens is 396 g/mol. The van der Waals surface area contributed by atoms with Crippen LogP contribution in [0.4, 0.5) is 11.4 Å². The second-order valence-electron chi connectivity index (χ2n) is 7.34. The summed E-state index contributed by atoms with van der Waals surface area (Å²) in [5, 5.41) is 11.3. The van der Waals surface area contributed by atoms with E-state index in [1.54, 1.807) is 24.3 Å². The molecule has 2 aliphatic rings. The van der Waals surface area contributed by atoms with Crippen molar-refractivity contribution in [2.75, 3.05) is 44.2 Å². The van der Waals surface area contributed by atoms with Crippen LogP contribution in [0.1, 0.15) is 18.6 Å². The number of para-hydroxylation sites is 2. The zero-order chi connectivity index (χ0) is 20.4. The van der Waals surface area contributed by atoms with Crippen LogP contribution >= 0.6 is 0 Å². The van der Waals surface area contributed by atoms with Crippen LogP contribution in [0.5, 0.6) is 0 Å². The summed E-state index contributed by atoms with van der Waals surface area (Å²) in [5.74, 6) is 0.613. The zero-order valence-electron chi connectivity index (χ0n) is 16.1. The van der Waals surface area contributed by atoms with Gasteiger partial charge in [0.2, 0.25) is 5.09 Å². The van der Waals surface area contributed by atoms with Gasteiger partial charge in [0.15, 0.2) is 0 Å². The Morgan fingerprint density at radius 1 is 0.966 bits per heavy atom. The number of nitro benzene ring substituents is 1. The minimum Gasteiger partial charge on any atom is -0.447 e. The Morgan fingerprint density at radius 2 is 1.66 bits per heavy atom. The van der Waals surface area contributed by atoms with Gasteiger partial charge in [-0.2, -0.15) is 4.31 Å². The van der Waals surface area contributed by atoms with Crippen molar-refractivity contribution in [1.29, 1.82) is 0 Å². The molecule has 2 fully saturated rings. The van der Waals surface area contributed by atoms with E-state index in [9.17, 15) is 18.5 Å². The summed E-state index contributed by atoms with van der Waals surface area (Å²) in [5.41, 5.74) is 0.748. The number of furan rings is 1. The van der Waals surface area contributed by atoms with E-state index in [4.69, 9.17) is 4.42 Å². The second-order valence-corrected chi connectivity index (χ2v) is 9.21. The molecule has 3 heterocycles. The smallest absolute Gasteiger partial charge is 0.292 e. The van der Waals surface area contributed by atoms with Gasteiger partial charge < -0.3 is 9.32 Å². The SMILES string of the molecule is O=[N+]([O-])c1ccccc1N1CCN(Cc2ccc(S(=O)(=O)N3CCCC3)o2)CC1. The van der Waals surface area contributed by atoms with Gasteiger partial charge in [0.05, 0.1) is 11.5 Å². The molecule has 0 saturated carbocycles. The highest BCUT2D eigenvalue weighted by Gasteiger charge is 2.30. The van der Waals surface area contributed by atoms with E-state index in [-0.39, 0.29) is 15.7 Å². The van der Waals surface area contributed by atoms with Crippen molar-refractivity contribution < 1.29 is 17.8 Å². The average molecular weight is 420 g/mol. The topological polar surface area (TPSA) is 100 Å². The summed E-state index contributed by atoms with van der Waals surface area (Å²) in [6, 6.07) is 10.0. The normalized spacial score (nSPS) is 19.0. The third-order valence-corrected chi connectivity index (χ3v) is 7.24. The van der Waals surface area contributed by atoms with E-state index in [0.717, 1.165) is 12.8 Å². The Balaban J connectivity index is 1.37. The predicted octanol–water partition coefficient (Wildman–Crippen LogP) is 2.29. The lowest BCUT2D eigenvalue weighted by molar-refractivity contribution is -0.384. The van der Waals surface area contributed by atoms with E-state index in [0.29, 0.717) is 57.3 Å². The fourth-order valence-corrected chi connectivity index (χ4v) is 5.34. The van der Waals surface area contributed by atoms with Crippen LogP contribution in [0.15, 0.2) is 45.9 Å². The summed E-state index contributed by atoms with van der Waals surface area (Å²) in [4.78, 5) is 15.1. The minimum absolute atomic E-state index is 0.00736. The van der Waals surface area contributed by atoms with Gasteiger partial charge in [-0.1, -0.05) is 12.1 Å². The first kappa shape index (κ1) is 19.9. The van der Waals surface area contributed by atoms with Crippen LogP contribution in [0.25, 0.3) is 0 Å². The molecule has 1 aromatic carbocycles. The standard InChI is InChI=1S/C19H24N4O5S/c24-23(25)18-6-2-1-5-17(18)21-13-11-20(12-14-21)15-16-7-8-19(28-16)29(26,27)22-9-3-4-10-22/h1-2,5-8H,3-4,9-15H2. The Bertz CT molecular complexity index is 976. The van der Waals surface area contributed by atoms with Gasteiger partial charge in [0, 0.05) is 45.3 Å². The molecule has 2 aliphatic heterocycles.